The van der Waals surface area contributed by atoms with Gasteiger partial charge in [-0.3, -0.25) is 0 Å². The van der Waals surface area contributed by atoms with Crippen molar-refractivity contribution < 1.29 is 13.5 Å². The number of benzene rings is 2. The second-order valence-corrected chi connectivity index (χ2v) is 6.75. The Hall–Kier alpha value is -1.85. The molecule has 0 amide bonds. The molecule has 0 aliphatic heterocycles. The topological polar surface area (TPSA) is 66.4 Å². The number of nitrogens with one attached hydrogen (secondary N) is 1. The number of aromatic hydroxyl groups is 1. The van der Waals surface area contributed by atoms with Crippen LogP contribution in [0.2, 0.25) is 0 Å². The van der Waals surface area contributed by atoms with E-state index in [9.17, 15) is 13.5 Å². The molecule has 112 valence electrons. The van der Waals surface area contributed by atoms with Crippen LogP contribution in [0, 0.1) is 6.92 Å². The molecule has 21 heavy (non-hydrogen) atoms. The van der Waals surface area contributed by atoms with Crippen molar-refractivity contribution >= 4 is 10.0 Å². The van der Waals surface area contributed by atoms with Crippen LogP contribution in [0.3, 0.4) is 0 Å². The molecule has 0 saturated heterocycles. The maximum Gasteiger partial charge on any atom is 0.240 e. The fourth-order valence-electron chi connectivity index (χ4n) is 2.08. The highest BCUT2D eigenvalue weighted by atomic mass is 32.2. The van der Waals surface area contributed by atoms with E-state index in [0.717, 1.165) is 11.1 Å². The Balaban J connectivity index is 1.88. The van der Waals surface area contributed by atoms with Crippen LogP contribution >= 0.6 is 0 Å². The lowest BCUT2D eigenvalue weighted by Crippen LogP contribution is -2.25. The number of sulfonamides is 1. The van der Waals surface area contributed by atoms with Crippen LogP contribution in [-0.2, 0) is 16.4 Å². The van der Waals surface area contributed by atoms with Crippen LogP contribution in [0.1, 0.15) is 17.5 Å². The van der Waals surface area contributed by atoms with Crippen LogP contribution in [0.5, 0.6) is 5.75 Å². The van der Waals surface area contributed by atoms with Gasteiger partial charge in [-0.25, -0.2) is 13.1 Å². The summed E-state index contributed by atoms with van der Waals surface area (Å²) in [5.74, 6) is 0.229. The first-order valence-corrected chi connectivity index (χ1v) is 8.30. The Labute approximate surface area is 125 Å². The van der Waals surface area contributed by atoms with Crippen molar-refractivity contribution in [1.82, 2.24) is 4.72 Å². The fraction of sp³-hybridized carbons (Fsp3) is 0.250. The van der Waals surface area contributed by atoms with Crippen molar-refractivity contribution in [2.75, 3.05) is 6.54 Å². The first-order valence-electron chi connectivity index (χ1n) is 6.82. The van der Waals surface area contributed by atoms with Crippen molar-refractivity contribution in [2.24, 2.45) is 0 Å². The molecular weight excluding hydrogens is 286 g/mol. The van der Waals surface area contributed by atoms with Crippen molar-refractivity contribution in [1.29, 1.82) is 0 Å². The predicted molar refractivity (Wildman–Crippen MR) is 82.8 cm³/mol. The number of phenolic OH excluding ortho intramolecular Hbond substituents is 1. The van der Waals surface area contributed by atoms with E-state index in [-0.39, 0.29) is 5.75 Å². The summed E-state index contributed by atoms with van der Waals surface area (Å²) in [6, 6.07) is 13.8. The zero-order valence-corrected chi connectivity index (χ0v) is 12.7. The summed E-state index contributed by atoms with van der Waals surface area (Å²) in [4.78, 5) is 0.292. The van der Waals surface area contributed by atoms with E-state index < -0.39 is 10.0 Å². The SMILES string of the molecule is Cc1cccc(S(=O)(=O)NCCCc2cccc(O)c2)c1. The van der Waals surface area contributed by atoms with E-state index in [4.69, 9.17) is 0 Å². The molecule has 0 saturated carbocycles. The van der Waals surface area contributed by atoms with E-state index in [1.54, 1.807) is 36.4 Å². The van der Waals surface area contributed by atoms with Crippen LogP contribution in [0.15, 0.2) is 53.4 Å². The standard InChI is InChI=1S/C16H19NO3S/c1-13-5-2-9-16(11-13)21(19,20)17-10-4-7-14-6-3-8-15(18)12-14/h2-3,5-6,8-9,11-12,17-18H,4,7,10H2,1H3. The second-order valence-electron chi connectivity index (χ2n) is 4.99. The Morgan fingerprint density at radius 3 is 2.57 bits per heavy atom. The van der Waals surface area contributed by atoms with Gasteiger partial charge >= 0.3 is 0 Å². The van der Waals surface area contributed by atoms with E-state index >= 15 is 0 Å². The molecule has 5 heteroatoms. The lowest BCUT2D eigenvalue weighted by atomic mass is 10.1. The van der Waals surface area contributed by atoms with Gasteiger partial charge in [0.2, 0.25) is 10.0 Å². The highest BCUT2D eigenvalue weighted by Crippen LogP contribution is 2.13. The quantitative estimate of drug-likeness (QED) is 0.806. The van der Waals surface area contributed by atoms with Gasteiger partial charge in [0.15, 0.2) is 0 Å². The Bertz CT molecular complexity index is 711. The van der Waals surface area contributed by atoms with Gasteiger partial charge in [-0.2, -0.15) is 0 Å². The van der Waals surface area contributed by atoms with E-state index in [1.807, 2.05) is 19.1 Å². The molecular formula is C16H19NO3S. The molecule has 2 aromatic carbocycles. The molecule has 0 radical (unpaired) electrons. The summed E-state index contributed by atoms with van der Waals surface area (Å²) in [7, 11) is -3.44. The second kappa shape index (κ2) is 6.74. The molecule has 0 unspecified atom stereocenters. The molecule has 0 aliphatic rings. The molecule has 0 aliphatic carbocycles. The lowest BCUT2D eigenvalue weighted by Gasteiger charge is -2.07. The highest BCUT2D eigenvalue weighted by Gasteiger charge is 2.12. The maximum atomic E-state index is 12.1. The molecule has 4 nitrogen and oxygen atoms in total. The summed E-state index contributed by atoms with van der Waals surface area (Å²) in [5.41, 5.74) is 1.90. The minimum atomic E-state index is -3.44. The van der Waals surface area contributed by atoms with Gasteiger partial charge in [-0.05, 0) is 55.2 Å². The minimum Gasteiger partial charge on any atom is -0.508 e. The van der Waals surface area contributed by atoms with Crippen LogP contribution in [0.25, 0.3) is 0 Å². The third-order valence-electron chi connectivity index (χ3n) is 3.14. The molecule has 0 aromatic heterocycles. The number of rotatable bonds is 6. The average Bonchev–Trinajstić information content (AvgIpc) is 2.44. The Morgan fingerprint density at radius 2 is 1.86 bits per heavy atom. The van der Waals surface area contributed by atoms with E-state index in [2.05, 4.69) is 4.72 Å². The van der Waals surface area contributed by atoms with Crippen molar-refractivity contribution in [3.05, 3.63) is 59.7 Å². The zero-order chi connectivity index (χ0) is 15.3. The first-order chi connectivity index (χ1) is 9.97. The third kappa shape index (κ3) is 4.58. The van der Waals surface area contributed by atoms with Gasteiger partial charge in [0, 0.05) is 6.54 Å². The van der Waals surface area contributed by atoms with Gasteiger partial charge in [-0.15, -0.1) is 0 Å². The lowest BCUT2D eigenvalue weighted by molar-refractivity contribution is 0.474. The molecule has 0 fully saturated rings. The van der Waals surface area contributed by atoms with Gasteiger partial charge < -0.3 is 5.11 Å². The summed E-state index contributed by atoms with van der Waals surface area (Å²) in [6.07, 6.45) is 1.39. The van der Waals surface area contributed by atoms with Crippen LogP contribution in [0.4, 0.5) is 0 Å². The smallest absolute Gasteiger partial charge is 0.240 e. The fourth-order valence-corrected chi connectivity index (χ4v) is 3.26. The van der Waals surface area contributed by atoms with Crippen molar-refractivity contribution in [2.45, 2.75) is 24.7 Å². The summed E-state index contributed by atoms with van der Waals surface area (Å²) in [6.45, 7) is 2.23. The predicted octanol–water partition coefficient (Wildman–Crippen LogP) is 2.61. The number of hydrogen-bond acceptors (Lipinski definition) is 3. The first kappa shape index (κ1) is 15.5. The molecule has 2 rings (SSSR count). The molecule has 2 aromatic rings. The number of hydrogen-bond donors (Lipinski definition) is 2. The van der Waals surface area contributed by atoms with Crippen LogP contribution in [-0.4, -0.2) is 20.1 Å². The van der Waals surface area contributed by atoms with Gasteiger partial charge in [-0.1, -0.05) is 24.3 Å². The van der Waals surface area contributed by atoms with E-state index in [0.29, 0.717) is 24.3 Å². The number of aryl methyl sites for hydroxylation is 2. The third-order valence-corrected chi connectivity index (χ3v) is 4.60. The van der Waals surface area contributed by atoms with E-state index in [1.165, 1.54) is 0 Å². The van der Waals surface area contributed by atoms with Crippen LogP contribution < -0.4 is 4.72 Å². The zero-order valence-electron chi connectivity index (χ0n) is 11.9. The van der Waals surface area contributed by atoms with Crippen molar-refractivity contribution in [3.63, 3.8) is 0 Å². The maximum absolute atomic E-state index is 12.1. The summed E-state index contributed by atoms with van der Waals surface area (Å²) in [5, 5.41) is 9.36. The minimum absolute atomic E-state index is 0.229. The molecule has 0 heterocycles. The average molecular weight is 305 g/mol. The Kier molecular flexibility index (Phi) is 4.98. The van der Waals surface area contributed by atoms with Gasteiger partial charge in [0.1, 0.15) is 5.75 Å². The monoisotopic (exact) mass is 305 g/mol. The number of phenols is 1. The molecule has 0 bridgehead atoms. The molecule has 0 spiro atoms. The normalized spacial score (nSPS) is 11.5. The summed E-state index contributed by atoms with van der Waals surface area (Å²) < 4.78 is 26.8. The Morgan fingerprint density at radius 1 is 1.10 bits per heavy atom. The van der Waals surface area contributed by atoms with Gasteiger partial charge in [0.25, 0.3) is 0 Å². The highest BCUT2D eigenvalue weighted by molar-refractivity contribution is 7.89. The molecule has 0 atom stereocenters. The van der Waals surface area contributed by atoms with Crippen molar-refractivity contribution in [3.8, 4) is 5.75 Å². The largest absolute Gasteiger partial charge is 0.508 e. The molecule has 2 N–H and O–H groups in total. The summed E-state index contributed by atoms with van der Waals surface area (Å²) >= 11 is 0. The van der Waals surface area contributed by atoms with Gasteiger partial charge in [0.05, 0.1) is 4.90 Å².